The van der Waals surface area contributed by atoms with Crippen molar-refractivity contribution in [2.24, 2.45) is 0 Å². The molecule has 0 amide bonds. The molecule has 2 heterocycles. The Bertz CT molecular complexity index is 550. The number of fused-ring (bicyclic) bond motifs is 1. The van der Waals surface area contributed by atoms with Crippen LogP contribution in [0.15, 0.2) is 24.3 Å². The van der Waals surface area contributed by atoms with Crippen LogP contribution in [0, 0.1) is 0 Å². The summed E-state index contributed by atoms with van der Waals surface area (Å²) in [5, 5.41) is 3.82. The predicted molar refractivity (Wildman–Crippen MR) is 95.5 cm³/mol. The maximum Gasteiger partial charge on any atom is 0.124 e. The van der Waals surface area contributed by atoms with Crippen LogP contribution in [0.2, 0.25) is 0 Å². The van der Waals surface area contributed by atoms with Crippen LogP contribution < -0.4 is 10.1 Å². The summed E-state index contributed by atoms with van der Waals surface area (Å²) in [5.74, 6) is 1.10. The number of rotatable bonds is 5. The van der Waals surface area contributed by atoms with Gasteiger partial charge < -0.3 is 19.7 Å². The number of benzene rings is 1. The zero-order chi connectivity index (χ0) is 16.4. The summed E-state index contributed by atoms with van der Waals surface area (Å²) in [6, 6.07) is 9.02. The molecule has 1 saturated heterocycles. The molecule has 4 rings (SSSR count). The molecule has 4 nitrogen and oxygen atoms in total. The highest BCUT2D eigenvalue weighted by atomic mass is 16.5. The van der Waals surface area contributed by atoms with Crippen molar-refractivity contribution in [2.75, 3.05) is 33.3 Å². The molecule has 132 valence electrons. The van der Waals surface area contributed by atoms with E-state index in [1.54, 1.807) is 0 Å². The van der Waals surface area contributed by atoms with Gasteiger partial charge in [0, 0.05) is 51.3 Å². The molecule has 0 aromatic heterocycles. The Kier molecular flexibility index (Phi) is 4.79. The second-order valence-corrected chi connectivity index (χ2v) is 7.66. The van der Waals surface area contributed by atoms with E-state index >= 15 is 0 Å². The number of nitrogens with zero attached hydrogens (tertiary/aromatic N) is 1. The smallest absolute Gasteiger partial charge is 0.124 e. The highest BCUT2D eigenvalue weighted by Gasteiger charge is 2.45. The van der Waals surface area contributed by atoms with Crippen LogP contribution in [0.1, 0.15) is 50.1 Å². The molecule has 1 atom stereocenters. The first-order chi connectivity index (χ1) is 11.8. The van der Waals surface area contributed by atoms with Gasteiger partial charge >= 0.3 is 0 Å². The molecule has 4 heteroatoms. The van der Waals surface area contributed by atoms with Crippen LogP contribution in [0.4, 0.5) is 0 Å². The van der Waals surface area contributed by atoms with Crippen molar-refractivity contribution in [3.8, 4) is 5.75 Å². The van der Waals surface area contributed by atoms with Gasteiger partial charge in [0.1, 0.15) is 11.4 Å². The van der Waals surface area contributed by atoms with Gasteiger partial charge in [-0.05, 0) is 38.2 Å². The van der Waals surface area contributed by atoms with Crippen molar-refractivity contribution in [2.45, 2.75) is 56.3 Å². The van der Waals surface area contributed by atoms with Crippen LogP contribution in [-0.2, 0) is 4.74 Å². The van der Waals surface area contributed by atoms with Crippen molar-refractivity contribution in [3.63, 3.8) is 0 Å². The summed E-state index contributed by atoms with van der Waals surface area (Å²) < 4.78 is 11.8. The van der Waals surface area contributed by atoms with E-state index in [0.717, 1.165) is 38.3 Å². The van der Waals surface area contributed by atoms with Gasteiger partial charge in [0.05, 0.1) is 6.10 Å². The van der Waals surface area contributed by atoms with Gasteiger partial charge in [-0.2, -0.15) is 0 Å². The molecule has 24 heavy (non-hydrogen) atoms. The Morgan fingerprint density at radius 2 is 2.04 bits per heavy atom. The van der Waals surface area contributed by atoms with Crippen LogP contribution in [0.25, 0.3) is 0 Å². The Morgan fingerprint density at radius 3 is 2.75 bits per heavy atom. The Labute approximate surface area is 145 Å². The minimum atomic E-state index is 0.114. The minimum Gasteiger partial charge on any atom is -0.487 e. The lowest BCUT2D eigenvalue weighted by molar-refractivity contribution is -0.0371. The Hall–Kier alpha value is -1.10. The molecule has 2 aliphatic heterocycles. The lowest BCUT2D eigenvalue weighted by Crippen LogP contribution is -2.49. The van der Waals surface area contributed by atoms with E-state index in [1.807, 2.05) is 7.11 Å². The molecule has 1 spiro atoms. The van der Waals surface area contributed by atoms with E-state index < -0.39 is 0 Å². The summed E-state index contributed by atoms with van der Waals surface area (Å²) in [6.07, 6.45) is 7.65. The molecule has 1 aliphatic carbocycles. The van der Waals surface area contributed by atoms with E-state index in [0.29, 0.717) is 12.1 Å². The minimum absolute atomic E-state index is 0.114. The average Bonchev–Trinajstić information content (AvgIpc) is 2.61. The maximum atomic E-state index is 6.34. The fourth-order valence-corrected chi connectivity index (χ4v) is 4.44. The van der Waals surface area contributed by atoms with Crippen molar-refractivity contribution in [1.29, 1.82) is 0 Å². The Balaban J connectivity index is 1.33. The number of hydrogen-bond donors (Lipinski definition) is 1. The average molecular weight is 330 g/mol. The monoisotopic (exact) mass is 330 g/mol. The molecule has 0 bridgehead atoms. The highest BCUT2D eigenvalue weighted by Crippen LogP contribution is 2.48. The van der Waals surface area contributed by atoms with Gasteiger partial charge in [-0.1, -0.05) is 18.2 Å². The lowest BCUT2D eigenvalue weighted by atomic mass is 9.73. The van der Waals surface area contributed by atoms with Gasteiger partial charge in [0.25, 0.3) is 0 Å². The summed E-state index contributed by atoms with van der Waals surface area (Å²) >= 11 is 0. The fourth-order valence-electron chi connectivity index (χ4n) is 4.44. The molecule has 1 aromatic carbocycles. The fraction of sp³-hybridized carbons (Fsp3) is 0.700. The molecular weight excluding hydrogens is 300 g/mol. The number of piperidine rings is 1. The summed E-state index contributed by atoms with van der Waals surface area (Å²) in [7, 11) is 1.83. The Morgan fingerprint density at radius 1 is 1.25 bits per heavy atom. The van der Waals surface area contributed by atoms with Crippen LogP contribution in [0.5, 0.6) is 5.75 Å². The SMILES string of the molecule is COC1CCN(CCN[C@@H]2CC3(CCC3)Oc3ccccc32)CC1. The molecule has 2 fully saturated rings. The summed E-state index contributed by atoms with van der Waals surface area (Å²) in [6.45, 7) is 4.50. The summed E-state index contributed by atoms with van der Waals surface area (Å²) in [5.41, 5.74) is 1.45. The van der Waals surface area contributed by atoms with Crippen LogP contribution >= 0.6 is 0 Å². The van der Waals surface area contributed by atoms with Crippen molar-refractivity contribution in [1.82, 2.24) is 10.2 Å². The van der Waals surface area contributed by atoms with Crippen molar-refractivity contribution < 1.29 is 9.47 Å². The zero-order valence-electron chi connectivity index (χ0n) is 14.8. The maximum absolute atomic E-state index is 6.34. The van der Waals surface area contributed by atoms with E-state index in [-0.39, 0.29) is 5.60 Å². The van der Waals surface area contributed by atoms with Gasteiger partial charge in [-0.25, -0.2) is 0 Å². The standard InChI is InChI=1S/C20H30N2O2/c1-23-16-7-12-22(13-8-16)14-11-21-18-15-20(9-4-10-20)24-19-6-3-2-5-17(18)19/h2-3,5-6,16,18,21H,4,7-15H2,1H3/t18-/m1/s1. The third-order valence-corrected chi connectivity index (χ3v) is 6.15. The van der Waals surface area contributed by atoms with Gasteiger partial charge in [0.15, 0.2) is 0 Å². The molecule has 0 unspecified atom stereocenters. The van der Waals surface area contributed by atoms with Gasteiger partial charge in [-0.3, -0.25) is 0 Å². The molecule has 0 radical (unpaired) electrons. The van der Waals surface area contributed by atoms with Crippen LogP contribution in [-0.4, -0.2) is 49.9 Å². The first-order valence-corrected chi connectivity index (χ1v) is 9.54. The second kappa shape index (κ2) is 7.03. The highest BCUT2D eigenvalue weighted by molar-refractivity contribution is 5.39. The molecule has 1 aromatic rings. The number of hydrogen-bond acceptors (Lipinski definition) is 4. The van der Waals surface area contributed by atoms with Gasteiger partial charge in [0.2, 0.25) is 0 Å². The van der Waals surface area contributed by atoms with Crippen molar-refractivity contribution in [3.05, 3.63) is 29.8 Å². The topological polar surface area (TPSA) is 33.7 Å². The third-order valence-electron chi connectivity index (χ3n) is 6.15. The largest absolute Gasteiger partial charge is 0.487 e. The molecular formula is C20H30N2O2. The number of ether oxygens (including phenoxy) is 2. The lowest BCUT2D eigenvalue weighted by Gasteiger charge is -2.48. The number of nitrogens with one attached hydrogen (secondary N) is 1. The van der Waals surface area contributed by atoms with Gasteiger partial charge in [-0.15, -0.1) is 0 Å². The third kappa shape index (κ3) is 3.32. The molecule has 1 saturated carbocycles. The second-order valence-electron chi connectivity index (χ2n) is 7.66. The first-order valence-electron chi connectivity index (χ1n) is 9.54. The number of likely N-dealkylation sites (tertiary alicyclic amines) is 1. The molecule has 1 N–H and O–H groups in total. The van der Waals surface area contributed by atoms with E-state index in [9.17, 15) is 0 Å². The number of para-hydroxylation sites is 1. The predicted octanol–water partition coefficient (Wildman–Crippen LogP) is 3.13. The molecule has 3 aliphatic rings. The summed E-state index contributed by atoms with van der Waals surface area (Å²) in [4.78, 5) is 2.56. The first kappa shape index (κ1) is 16.4. The van der Waals surface area contributed by atoms with Crippen LogP contribution in [0.3, 0.4) is 0 Å². The van der Waals surface area contributed by atoms with Crippen molar-refractivity contribution >= 4 is 0 Å². The van der Waals surface area contributed by atoms with E-state index in [2.05, 4.69) is 34.5 Å². The zero-order valence-corrected chi connectivity index (χ0v) is 14.8. The normalized spacial score (nSPS) is 26.6. The number of methoxy groups -OCH3 is 1. The van der Waals surface area contributed by atoms with E-state index in [1.165, 1.54) is 37.7 Å². The quantitative estimate of drug-likeness (QED) is 0.899. The van der Waals surface area contributed by atoms with E-state index in [4.69, 9.17) is 9.47 Å².